The van der Waals surface area contributed by atoms with Gasteiger partial charge in [-0.3, -0.25) is 9.59 Å². The first kappa shape index (κ1) is 31.6. The first-order chi connectivity index (χ1) is 18.2. The third-order valence-corrected chi connectivity index (χ3v) is 5.88. The molecule has 1 aromatic carbocycles. The van der Waals surface area contributed by atoms with Gasteiger partial charge in [-0.25, -0.2) is 5.84 Å². The molecule has 38 heavy (non-hydrogen) atoms. The minimum absolute atomic E-state index is 0.124. The summed E-state index contributed by atoms with van der Waals surface area (Å²) in [4.78, 5) is 22.6. The van der Waals surface area contributed by atoms with Gasteiger partial charge in [0.05, 0.1) is 58.0 Å². The van der Waals surface area contributed by atoms with Crippen molar-refractivity contribution in [1.29, 1.82) is 0 Å². The number of hydrogen-bond acceptors (Lipinski definition) is 12. The van der Waals surface area contributed by atoms with Gasteiger partial charge < -0.3 is 49.9 Å². The fourth-order valence-corrected chi connectivity index (χ4v) is 3.40. The molecule has 0 spiro atoms. The monoisotopic (exact) mass is 540 g/mol. The van der Waals surface area contributed by atoms with Crippen molar-refractivity contribution >= 4 is 17.9 Å². The third kappa shape index (κ3) is 11.0. The molecule has 2 heterocycles. The van der Waals surface area contributed by atoms with Crippen molar-refractivity contribution in [3.05, 3.63) is 41.6 Å². The molecule has 0 radical (unpaired) electrons. The van der Waals surface area contributed by atoms with Crippen molar-refractivity contribution in [3.63, 3.8) is 0 Å². The van der Waals surface area contributed by atoms with Crippen LogP contribution in [0.3, 0.4) is 0 Å². The molecule has 0 saturated carbocycles. The highest BCUT2D eigenvalue weighted by atomic mass is 16.7. The fourth-order valence-electron chi connectivity index (χ4n) is 3.40. The predicted molar refractivity (Wildman–Crippen MR) is 137 cm³/mol. The number of aliphatic hydroxyl groups excluding tert-OH is 3. The molecule has 3 rings (SSSR count). The van der Waals surface area contributed by atoms with Crippen LogP contribution in [0, 0.1) is 0 Å². The van der Waals surface area contributed by atoms with Crippen LogP contribution in [0.1, 0.15) is 28.8 Å². The number of nitrogens with zero attached hydrogens (tertiary/aromatic N) is 2. The molecule has 0 aromatic heterocycles. The largest absolute Gasteiger partial charge is 0.397 e. The number of amides is 1. The number of aldehydes is 1. The molecule has 13 heteroatoms. The maximum absolute atomic E-state index is 10.7. The number of ether oxygens (including phenoxy) is 4. The summed E-state index contributed by atoms with van der Waals surface area (Å²) in [6.45, 7) is 2.63. The topological polar surface area (TPSA) is 190 Å². The van der Waals surface area contributed by atoms with Gasteiger partial charge in [-0.15, -0.1) is 0 Å². The van der Waals surface area contributed by atoms with Crippen LogP contribution in [-0.2, 0) is 23.7 Å². The minimum atomic E-state index is -1.13. The summed E-state index contributed by atoms with van der Waals surface area (Å²) in [7, 11) is 1.81. The lowest BCUT2D eigenvalue weighted by atomic mass is 10.0. The molecule has 2 aliphatic heterocycles. The molecule has 1 aromatic rings. The maximum atomic E-state index is 10.7. The maximum Gasteiger partial charge on any atom is 0.224 e. The van der Waals surface area contributed by atoms with Crippen molar-refractivity contribution < 1.29 is 43.9 Å². The van der Waals surface area contributed by atoms with Gasteiger partial charge in [-0.2, -0.15) is 0 Å². The number of benzene rings is 1. The standard InChI is InChI=1S/C21H33N3O8.C4H7NO/c22-17(16-3-1-15(13-25)2-4-16)12-24(23)5-6-29-7-8-30-9-10-31-20-11-18(27)21(28)19(14-26)32-20;1-5-3-2-4(5)6/h1-4,12-13,18-21,26-28H,5-11,14,22-23H2;2-3H2,1H3/b17-12-;. The third-order valence-electron chi connectivity index (χ3n) is 5.88. The van der Waals surface area contributed by atoms with Crippen LogP contribution in [0.5, 0.6) is 0 Å². The SMILES string of the molecule is CN1CCC1=O.N/C(=C\N(N)CCOCCOCCOC1CC(O)C(O)C(CO)O1)c1ccc(C=O)cc1. The summed E-state index contributed by atoms with van der Waals surface area (Å²) in [5.74, 6) is 6.16. The molecule has 1 amide bonds. The van der Waals surface area contributed by atoms with Crippen molar-refractivity contribution in [1.82, 2.24) is 9.91 Å². The van der Waals surface area contributed by atoms with E-state index in [1.807, 2.05) is 7.05 Å². The van der Waals surface area contributed by atoms with E-state index in [1.165, 1.54) is 5.01 Å². The molecule has 2 aliphatic rings. The number of rotatable bonds is 14. The second kappa shape index (κ2) is 17.1. The summed E-state index contributed by atoms with van der Waals surface area (Å²) >= 11 is 0. The molecule has 2 fully saturated rings. The summed E-state index contributed by atoms with van der Waals surface area (Å²) < 4.78 is 21.7. The smallest absolute Gasteiger partial charge is 0.224 e. The first-order valence-electron chi connectivity index (χ1n) is 12.4. The van der Waals surface area contributed by atoms with Crippen molar-refractivity contribution in [2.24, 2.45) is 11.6 Å². The Balaban J connectivity index is 0.000000739. The van der Waals surface area contributed by atoms with Gasteiger partial charge in [0.1, 0.15) is 18.5 Å². The number of carbonyl (C=O) groups excluding carboxylic acids is 2. The van der Waals surface area contributed by atoms with Gasteiger partial charge >= 0.3 is 0 Å². The van der Waals surface area contributed by atoms with E-state index in [9.17, 15) is 19.8 Å². The average Bonchev–Trinajstić information content (AvgIpc) is 2.93. The van der Waals surface area contributed by atoms with Crippen molar-refractivity contribution in [3.8, 4) is 0 Å². The van der Waals surface area contributed by atoms with Gasteiger partial charge in [-0.05, 0) is 5.56 Å². The summed E-state index contributed by atoms with van der Waals surface area (Å²) in [5.41, 5.74) is 7.81. The second-order valence-corrected chi connectivity index (χ2v) is 8.80. The zero-order valence-corrected chi connectivity index (χ0v) is 21.7. The number of β-lactam (4-membered cyclic amide) rings is 1. The van der Waals surface area contributed by atoms with Crippen LogP contribution in [-0.4, -0.2) is 122 Å². The molecule has 214 valence electrons. The van der Waals surface area contributed by atoms with Crippen molar-refractivity contribution in [2.45, 2.75) is 37.4 Å². The van der Waals surface area contributed by atoms with E-state index in [4.69, 9.17) is 35.6 Å². The summed E-state index contributed by atoms with van der Waals surface area (Å²) in [6, 6.07) is 6.86. The normalized spacial score (nSPS) is 23.3. The molecule has 4 atom stereocenters. The Morgan fingerprint density at radius 1 is 1.16 bits per heavy atom. The number of likely N-dealkylation sites (tertiary alicyclic amines) is 1. The van der Waals surface area contributed by atoms with Gasteiger partial charge in [0.25, 0.3) is 0 Å². The Labute approximate surface area is 222 Å². The van der Waals surface area contributed by atoms with Gasteiger partial charge in [0, 0.05) is 38.2 Å². The average molecular weight is 541 g/mol. The molecule has 13 nitrogen and oxygen atoms in total. The molecular formula is C25H40N4O9. The van der Waals surface area contributed by atoms with Crippen LogP contribution < -0.4 is 11.6 Å². The van der Waals surface area contributed by atoms with E-state index in [0.717, 1.165) is 24.8 Å². The predicted octanol–water partition coefficient (Wildman–Crippen LogP) is -1.34. The molecular weight excluding hydrogens is 500 g/mol. The Kier molecular flexibility index (Phi) is 14.2. The molecule has 2 saturated heterocycles. The molecule has 4 unspecified atom stereocenters. The zero-order valence-electron chi connectivity index (χ0n) is 21.7. The van der Waals surface area contributed by atoms with Crippen LogP contribution in [0.15, 0.2) is 30.5 Å². The van der Waals surface area contributed by atoms with E-state index < -0.39 is 31.2 Å². The highest BCUT2D eigenvalue weighted by molar-refractivity contribution is 5.81. The Morgan fingerprint density at radius 2 is 1.79 bits per heavy atom. The summed E-state index contributed by atoms with van der Waals surface area (Å²) in [5, 5.41) is 29.9. The van der Waals surface area contributed by atoms with Gasteiger partial charge in [0.2, 0.25) is 5.91 Å². The van der Waals surface area contributed by atoms with Crippen LogP contribution in [0.25, 0.3) is 5.70 Å². The molecule has 0 bridgehead atoms. The molecule has 7 N–H and O–H groups in total. The lowest BCUT2D eigenvalue weighted by Crippen LogP contribution is -2.50. The zero-order chi connectivity index (χ0) is 27.9. The van der Waals surface area contributed by atoms with E-state index in [2.05, 4.69) is 0 Å². The highest BCUT2D eigenvalue weighted by Gasteiger charge is 2.36. The second-order valence-electron chi connectivity index (χ2n) is 8.80. The van der Waals surface area contributed by atoms with E-state index in [1.54, 1.807) is 35.4 Å². The van der Waals surface area contributed by atoms with Crippen LogP contribution in [0.2, 0.25) is 0 Å². The minimum Gasteiger partial charge on any atom is -0.397 e. The quantitative estimate of drug-likeness (QED) is 0.0615. The Hall–Kier alpha value is -2.62. The van der Waals surface area contributed by atoms with E-state index >= 15 is 0 Å². The first-order valence-corrected chi connectivity index (χ1v) is 12.4. The number of carbonyl (C=O) groups is 2. The Bertz CT molecular complexity index is 871. The summed E-state index contributed by atoms with van der Waals surface area (Å²) in [6.07, 6.45) is -0.455. The highest BCUT2D eigenvalue weighted by Crippen LogP contribution is 2.21. The number of nitrogens with two attached hydrogens (primary N) is 2. The Morgan fingerprint density at radius 3 is 2.34 bits per heavy atom. The number of aliphatic hydroxyl groups is 3. The van der Waals surface area contributed by atoms with Crippen molar-refractivity contribution in [2.75, 3.05) is 59.8 Å². The van der Waals surface area contributed by atoms with Gasteiger partial charge in [0.15, 0.2) is 6.29 Å². The number of hydrogen-bond donors (Lipinski definition) is 5. The lowest BCUT2D eigenvalue weighted by molar-refractivity contribution is -0.259. The van der Waals surface area contributed by atoms with Gasteiger partial charge in [-0.1, -0.05) is 24.3 Å². The van der Waals surface area contributed by atoms with E-state index in [0.29, 0.717) is 44.2 Å². The van der Waals surface area contributed by atoms with Crippen LogP contribution >= 0.6 is 0 Å². The van der Waals surface area contributed by atoms with Crippen LogP contribution in [0.4, 0.5) is 0 Å². The number of hydrazine groups is 1. The molecule has 0 aliphatic carbocycles. The van der Waals surface area contributed by atoms with E-state index in [-0.39, 0.29) is 18.9 Å². The lowest BCUT2D eigenvalue weighted by Gasteiger charge is -2.35. The fraction of sp³-hybridized carbons (Fsp3) is 0.600.